The number of rotatable bonds is 9. The normalized spacial score (nSPS) is 10.6. The number of hydrogen-bond donors (Lipinski definition) is 2. The monoisotopic (exact) mass is 385 g/mol. The summed E-state index contributed by atoms with van der Waals surface area (Å²) in [5.74, 6) is 0.784. The molecule has 1 heterocycles. The zero-order chi connectivity index (χ0) is 19.8. The van der Waals surface area contributed by atoms with Crippen LogP contribution in [0.3, 0.4) is 0 Å². The molecular weight excluding hydrogens is 365 g/mol. The predicted octanol–water partition coefficient (Wildman–Crippen LogP) is 3.99. The van der Waals surface area contributed by atoms with Gasteiger partial charge in [0.25, 0.3) is 5.89 Å². The van der Waals surface area contributed by atoms with E-state index in [0.29, 0.717) is 36.7 Å². The van der Waals surface area contributed by atoms with Crippen molar-refractivity contribution in [1.29, 1.82) is 0 Å². The van der Waals surface area contributed by atoms with E-state index in [9.17, 15) is 9.18 Å². The van der Waals surface area contributed by atoms with Crippen LogP contribution in [0.15, 0.2) is 53.1 Å². The minimum atomic E-state index is -0.375. The number of benzene rings is 2. The van der Waals surface area contributed by atoms with Gasteiger partial charge in [-0.15, -0.1) is 0 Å². The van der Waals surface area contributed by atoms with E-state index in [1.54, 1.807) is 17.6 Å². The van der Waals surface area contributed by atoms with Gasteiger partial charge in [0.15, 0.2) is 0 Å². The average Bonchev–Trinajstić information content (AvgIpc) is 3.21. The predicted molar refractivity (Wildman–Crippen MR) is 99.0 cm³/mol. The zero-order valence-electron chi connectivity index (χ0n) is 15.1. The highest BCUT2D eigenvalue weighted by molar-refractivity contribution is 5.74. The molecule has 2 aromatic carbocycles. The topological polar surface area (TPSA) is 97.5 Å². The molecule has 0 spiro atoms. The van der Waals surface area contributed by atoms with Crippen molar-refractivity contribution in [3.05, 3.63) is 54.3 Å². The van der Waals surface area contributed by atoms with E-state index in [-0.39, 0.29) is 11.7 Å². The maximum atomic E-state index is 13.0. The fraction of sp³-hybridized carbons (Fsp3) is 0.250. The second kappa shape index (κ2) is 9.61. The Kier molecular flexibility index (Phi) is 6.69. The molecule has 0 bridgehead atoms. The molecular formula is C20H20FN3O4. The summed E-state index contributed by atoms with van der Waals surface area (Å²) in [7, 11) is 0. The number of nitrogens with zero attached hydrogens (tertiary/aromatic N) is 2. The Labute approximate surface area is 161 Å². The summed E-state index contributed by atoms with van der Waals surface area (Å²) in [6, 6.07) is 13.2. The van der Waals surface area contributed by atoms with Crippen molar-refractivity contribution in [2.75, 3.05) is 6.61 Å². The molecule has 0 saturated carbocycles. The Hall–Kier alpha value is -3.26. The Balaban J connectivity index is 1.49. The van der Waals surface area contributed by atoms with E-state index >= 15 is 0 Å². The molecule has 0 radical (unpaired) electrons. The molecule has 2 N–H and O–H groups in total. The Morgan fingerprint density at radius 3 is 2.46 bits per heavy atom. The van der Waals surface area contributed by atoms with Crippen molar-refractivity contribution < 1.29 is 23.7 Å². The SMILES string of the molecule is O=C(CCCCCOc1ccc(-c2nc(-c3ccc(F)cc3)no2)cc1)NO. The lowest BCUT2D eigenvalue weighted by atomic mass is 10.2. The number of aromatic nitrogens is 2. The van der Waals surface area contributed by atoms with Crippen LogP contribution in [0.4, 0.5) is 4.39 Å². The second-order valence-corrected chi connectivity index (χ2v) is 6.15. The Morgan fingerprint density at radius 1 is 1.04 bits per heavy atom. The van der Waals surface area contributed by atoms with Crippen LogP contribution in [0, 0.1) is 5.82 Å². The van der Waals surface area contributed by atoms with Gasteiger partial charge < -0.3 is 9.26 Å². The van der Waals surface area contributed by atoms with Crippen LogP contribution in [-0.4, -0.2) is 27.9 Å². The molecule has 3 rings (SSSR count). The number of hydrogen-bond acceptors (Lipinski definition) is 6. The van der Waals surface area contributed by atoms with Gasteiger partial charge in [-0.25, -0.2) is 9.87 Å². The van der Waals surface area contributed by atoms with E-state index < -0.39 is 0 Å². The lowest BCUT2D eigenvalue weighted by molar-refractivity contribution is -0.129. The highest BCUT2D eigenvalue weighted by Gasteiger charge is 2.11. The second-order valence-electron chi connectivity index (χ2n) is 6.15. The van der Waals surface area contributed by atoms with Crippen LogP contribution in [0.2, 0.25) is 0 Å². The molecule has 0 fully saturated rings. The molecule has 0 atom stereocenters. The first-order chi connectivity index (χ1) is 13.7. The summed E-state index contributed by atoms with van der Waals surface area (Å²) in [4.78, 5) is 15.2. The van der Waals surface area contributed by atoms with Crippen LogP contribution in [0.1, 0.15) is 25.7 Å². The Morgan fingerprint density at radius 2 is 1.75 bits per heavy atom. The van der Waals surface area contributed by atoms with Crippen molar-refractivity contribution in [3.8, 4) is 28.6 Å². The van der Waals surface area contributed by atoms with Gasteiger partial charge in [-0.2, -0.15) is 4.98 Å². The maximum Gasteiger partial charge on any atom is 0.258 e. The lowest BCUT2D eigenvalue weighted by Gasteiger charge is -2.06. The highest BCUT2D eigenvalue weighted by Crippen LogP contribution is 2.24. The standard InChI is InChI=1S/C20H20FN3O4/c21-16-9-5-14(6-10-16)19-22-20(28-24-19)15-7-11-17(12-8-15)27-13-3-1-2-4-18(25)23-26/h5-12,26H,1-4,13H2,(H,23,25). The van der Waals surface area contributed by atoms with Crippen molar-refractivity contribution in [3.63, 3.8) is 0 Å². The fourth-order valence-corrected chi connectivity index (χ4v) is 2.56. The molecule has 1 amide bonds. The summed E-state index contributed by atoms with van der Waals surface area (Å²) in [5.41, 5.74) is 3.04. The first kappa shape index (κ1) is 19.5. The summed E-state index contributed by atoms with van der Waals surface area (Å²) < 4.78 is 24.0. The van der Waals surface area contributed by atoms with Crippen LogP contribution in [0.25, 0.3) is 22.8 Å². The van der Waals surface area contributed by atoms with Crippen LogP contribution >= 0.6 is 0 Å². The number of carbonyl (C=O) groups excluding carboxylic acids is 1. The molecule has 7 nitrogen and oxygen atoms in total. The first-order valence-corrected chi connectivity index (χ1v) is 8.91. The van der Waals surface area contributed by atoms with Gasteiger partial charge in [0.05, 0.1) is 6.61 Å². The van der Waals surface area contributed by atoms with E-state index in [1.165, 1.54) is 12.1 Å². The number of unbranched alkanes of at least 4 members (excludes halogenated alkanes) is 2. The lowest BCUT2D eigenvalue weighted by Crippen LogP contribution is -2.17. The van der Waals surface area contributed by atoms with Crippen LogP contribution in [-0.2, 0) is 4.79 Å². The average molecular weight is 385 g/mol. The number of halogens is 1. The molecule has 146 valence electrons. The molecule has 1 aromatic heterocycles. The molecule has 0 aliphatic rings. The summed E-state index contributed by atoms with van der Waals surface area (Å²) in [6.45, 7) is 0.537. The van der Waals surface area contributed by atoms with Crippen molar-refractivity contribution in [1.82, 2.24) is 15.6 Å². The molecule has 0 aliphatic heterocycles. The largest absolute Gasteiger partial charge is 0.494 e. The molecule has 8 heteroatoms. The third-order valence-corrected chi connectivity index (χ3v) is 4.07. The molecule has 0 unspecified atom stereocenters. The van der Waals surface area contributed by atoms with Gasteiger partial charge in [-0.1, -0.05) is 5.16 Å². The number of ether oxygens (including phenoxy) is 1. The van der Waals surface area contributed by atoms with Gasteiger partial charge in [-0.3, -0.25) is 10.0 Å². The van der Waals surface area contributed by atoms with Gasteiger partial charge >= 0.3 is 0 Å². The smallest absolute Gasteiger partial charge is 0.258 e. The minimum absolute atomic E-state index is 0.301. The zero-order valence-corrected chi connectivity index (χ0v) is 15.1. The number of nitrogens with one attached hydrogen (secondary N) is 1. The number of amides is 1. The minimum Gasteiger partial charge on any atom is -0.494 e. The third-order valence-electron chi connectivity index (χ3n) is 4.07. The number of carbonyl (C=O) groups is 1. The van der Waals surface area contributed by atoms with Crippen LogP contribution in [0.5, 0.6) is 5.75 Å². The molecule has 0 saturated heterocycles. The molecule has 0 aliphatic carbocycles. The van der Waals surface area contributed by atoms with Gasteiger partial charge in [-0.05, 0) is 67.8 Å². The fourth-order valence-electron chi connectivity index (χ4n) is 2.56. The first-order valence-electron chi connectivity index (χ1n) is 8.91. The van der Waals surface area contributed by atoms with Crippen molar-refractivity contribution in [2.45, 2.75) is 25.7 Å². The van der Waals surface area contributed by atoms with Gasteiger partial charge in [0, 0.05) is 17.5 Å². The summed E-state index contributed by atoms with van der Waals surface area (Å²) in [6.07, 6.45) is 2.64. The van der Waals surface area contributed by atoms with Crippen molar-refractivity contribution >= 4 is 5.91 Å². The van der Waals surface area contributed by atoms with Gasteiger partial charge in [0.2, 0.25) is 11.7 Å². The quantitative estimate of drug-likeness (QED) is 0.328. The van der Waals surface area contributed by atoms with Crippen LogP contribution < -0.4 is 10.2 Å². The van der Waals surface area contributed by atoms with Crippen molar-refractivity contribution in [2.24, 2.45) is 0 Å². The Bertz CT molecular complexity index is 895. The van der Waals surface area contributed by atoms with E-state index in [2.05, 4.69) is 10.1 Å². The summed E-state index contributed by atoms with van der Waals surface area (Å²) in [5, 5.41) is 12.3. The third kappa shape index (κ3) is 5.37. The van der Waals surface area contributed by atoms with E-state index in [1.807, 2.05) is 24.3 Å². The van der Waals surface area contributed by atoms with Gasteiger partial charge in [0.1, 0.15) is 11.6 Å². The highest BCUT2D eigenvalue weighted by atomic mass is 19.1. The van der Waals surface area contributed by atoms with E-state index in [0.717, 1.165) is 24.2 Å². The maximum absolute atomic E-state index is 13.0. The number of hydroxylamine groups is 1. The summed E-state index contributed by atoms with van der Waals surface area (Å²) >= 11 is 0. The van der Waals surface area contributed by atoms with E-state index in [4.69, 9.17) is 14.5 Å². The molecule has 28 heavy (non-hydrogen) atoms. The molecule has 3 aromatic rings.